The van der Waals surface area contributed by atoms with Crippen molar-refractivity contribution >= 4 is 5.69 Å². The van der Waals surface area contributed by atoms with Gasteiger partial charge in [-0.1, -0.05) is 6.07 Å². The molecular weight excluding hydrogens is 204 g/mol. The molecule has 0 bridgehead atoms. The molecule has 4 heteroatoms. The van der Waals surface area contributed by atoms with Gasteiger partial charge in [-0.25, -0.2) is 0 Å². The average molecular weight is 220 g/mol. The van der Waals surface area contributed by atoms with E-state index in [-0.39, 0.29) is 6.42 Å². The maximum Gasteiger partial charge on any atom is 0.106 e. The Hall–Kier alpha value is -1.57. The van der Waals surface area contributed by atoms with E-state index in [1.807, 2.05) is 19.9 Å². The number of hydrogen-bond donors (Lipinski definition) is 3. The molecule has 1 rings (SSSR count). The summed E-state index contributed by atoms with van der Waals surface area (Å²) in [4.78, 5) is 0. The number of anilines is 1. The van der Waals surface area contributed by atoms with Crippen molar-refractivity contribution in [2.45, 2.75) is 32.5 Å². The van der Waals surface area contributed by atoms with Crippen molar-refractivity contribution < 1.29 is 10.2 Å². The molecule has 16 heavy (non-hydrogen) atoms. The molecule has 2 atom stereocenters. The third kappa shape index (κ3) is 2.32. The zero-order valence-electron chi connectivity index (χ0n) is 9.44. The van der Waals surface area contributed by atoms with Gasteiger partial charge < -0.3 is 15.9 Å². The lowest BCUT2D eigenvalue weighted by Gasteiger charge is -2.19. The normalized spacial score (nSPS) is 14.2. The summed E-state index contributed by atoms with van der Waals surface area (Å²) in [5.74, 6) is 0. The van der Waals surface area contributed by atoms with Gasteiger partial charge >= 0.3 is 0 Å². The van der Waals surface area contributed by atoms with E-state index in [0.29, 0.717) is 11.3 Å². The zero-order valence-corrected chi connectivity index (χ0v) is 9.44. The van der Waals surface area contributed by atoms with Crippen LogP contribution in [0.3, 0.4) is 0 Å². The van der Waals surface area contributed by atoms with Crippen molar-refractivity contribution in [1.82, 2.24) is 0 Å². The predicted octanol–water partition coefficient (Wildman–Crippen LogP) is 1.19. The van der Waals surface area contributed by atoms with Crippen LogP contribution in [0.2, 0.25) is 0 Å². The number of aliphatic hydroxyl groups is 2. The van der Waals surface area contributed by atoms with Gasteiger partial charge in [-0.3, -0.25) is 0 Å². The van der Waals surface area contributed by atoms with Gasteiger partial charge in [0.25, 0.3) is 0 Å². The third-order valence-corrected chi connectivity index (χ3v) is 2.85. The third-order valence-electron chi connectivity index (χ3n) is 2.85. The van der Waals surface area contributed by atoms with Gasteiger partial charge in [-0.05, 0) is 36.6 Å². The second-order valence-corrected chi connectivity index (χ2v) is 3.87. The molecule has 0 aliphatic carbocycles. The van der Waals surface area contributed by atoms with Crippen LogP contribution in [0.15, 0.2) is 12.1 Å². The largest absolute Gasteiger partial charge is 0.399 e. The molecular formula is C12H16N2O2. The lowest BCUT2D eigenvalue weighted by atomic mass is 9.94. The number of benzene rings is 1. The molecule has 86 valence electrons. The van der Waals surface area contributed by atoms with Crippen LogP contribution in [0.4, 0.5) is 5.69 Å². The Labute approximate surface area is 94.9 Å². The van der Waals surface area contributed by atoms with Crippen molar-refractivity contribution in [3.8, 4) is 6.07 Å². The van der Waals surface area contributed by atoms with E-state index >= 15 is 0 Å². The van der Waals surface area contributed by atoms with Gasteiger partial charge in [0, 0.05) is 5.69 Å². The SMILES string of the molecule is Cc1c(N)ccc(C(O)C(O)CC#N)c1C. The summed E-state index contributed by atoms with van der Waals surface area (Å²) in [5, 5.41) is 27.9. The van der Waals surface area contributed by atoms with E-state index in [1.54, 1.807) is 12.1 Å². The van der Waals surface area contributed by atoms with E-state index in [9.17, 15) is 10.2 Å². The summed E-state index contributed by atoms with van der Waals surface area (Å²) >= 11 is 0. The second-order valence-electron chi connectivity index (χ2n) is 3.87. The number of nitriles is 1. The summed E-state index contributed by atoms with van der Waals surface area (Å²) in [6.07, 6.45) is -2.20. The number of nitrogens with zero attached hydrogens (tertiary/aromatic N) is 1. The van der Waals surface area contributed by atoms with Crippen LogP contribution in [-0.4, -0.2) is 16.3 Å². The van der Waals surface area contributed by atoms with Gasteiger partial charge in [-0.2, -0.15) is 5.26 Å². The lowest BCUT2D eigenvalue weighted by Crippen LogP contribution is -2.18. The fraction of sp³-hybridized carbons (Fsp3) is 0.417. The first-order valence-corrected chi connectivity index (χ1v) is 5.07. The monoisotopic (exact) mass is 220 g/mol. The van der Waals surface area contributed by atoms with E-state index in [4.69, 9.17) is 11.0 Å². The molecule has 0 spiro atoms. The second kappa shape index (κ2) is 4.97. The molecule has 0 aliphatic rings. The lowest BCUT2D eigenvalue weighted by molar-refractivity contribution is 0.0212. The van der Waals surface area contributed by atoms with Crippen LogP contribution in [0.1, 0.15) is 29.2 Å². The van der Waals surface area contributed by atoms with Crippen molar-refractivity contribution in [2.24, 2.45) is 0 Å². The van der Waals surface area contributed by atoms with Crippen LogP contribution in [0, 0.1) is 25.2 Å². The highest BCUT2D eigenvalue weighted by molar-refractivity contribution is 5.53. The number of hydrogen-bond acceptors (Lipinski definition) is 4. The zero-order chi connectivity index (χ0) is 12.3. The van der Waals surface area contributed by atoms with Gasteiger partial charge in [-0.15, -0.1) is 0 Å². The fourth-order valence-electron chi connectivity index (χ4n) is 1.60. The predicted molar refractivity (Wildman–Crippen MR) is 61.5 cm³/mol. The fourth-order valence-corrected chi connectivity index (χ4v) is 1.60. The molecule has 4 nitrogen and oxygen atoms in total. The van der Waals surface area contributed by atoms with Gasteiger partial charge in [0.05, 0.1) is 18.6 Å². The number of aliphatic hydroxyl groups excluding tert-OH is 2. The number of nitrogen functional groups attached to an aromatic ring is 1. The molecule has 2 unspecified atom stereocenters. The first-order valence-electron chi connectivity index (χ1n) is 5.07. The summed E-state index contributed by atoms with van der Waals surface area (Å²) in [6, 6.07) is 5.21. The molecule has 0 heterocycles. The van der Waals surface area contributed by atoms with Gasteiger partial charge in [0.1, 0.15) is 6.10 Å². The number of nitrogens with two attached hydrogens (primary N) is 1. The topological polar surface area (TPSA) is 90.3 Å². The van der Waals surface area contributed by atoms with Crippen molar-refractivity contribution in [2.75, 3.05) is 5.73 Å². The molecule has 1 aromatic rings. The van der Waals surface area contributed by atoms with Crippen LogP contribution >= 0.6 is 0 Å². The average Bonchev–Trinajstić information content (AvgIpc) is 2.26. The van der Waals surface area contributed by atoms with Gasteiger partial charge in [0.15, 0.2) is 0 Å². The Bertz CT molecular complexity index is 424. The summed E-state index contributed by atoms with van der Waals surface area (Å²) < 4.78 is 0. The smallest absolute Gasteiger partial charge is 0.106 e. The Kier molecular flexibility index (Phi) is 3.88. The van der Waals surface area contributed by atoms with Gasteiger partial charge in [0.2, 0.25) is 0 Å². The molecule has 0 saturated heterocycles. The van der Waals surface area contributed by atoms with Crippen LogP contribution < -0.4 is 5.73 Å². The Morgan fingerprint density at radius 1 is 1.31 bits per heavy atom. The molecule has 4 N–H and O–H groups in total. The summed E-state index contributed by atoms with van der Waals surface area (Å²) in [6.45, 7) is 3.70. The van der Waals surface area contributed by atoms with Crippen LogP contribution in [0.25, 0.3) is 0 Å². The molecule has 0 radical (unpaired) electrons. The molecule has 1 aromatic carbocycles. The molecule has 0 fully saturated rings. The number of rotatable bonds is 3. The van der Waals surface area contributed by atoms with Crippen molar-refractivity contribution in [3.63, 3.8) is 0 Å². The summed E-state index contributed by atoms with van der Waals surface area (Å²) in [5.41, 5.74) is 8.74. The van der Waals surface area contributed by atoms with Crippen LogP contribution in [0.5, 0.6) is 0 Å². The van der Waals surface area contributed by atoms with Crippen molar-refractivity contribution in [1.29, 1.82) is 5.26 Å². The Morgan fingerprint density at radius 2 is 1.94 bits per heavy atom. The first kappa shape index (κ1) is 12.5. The minimum atomic E-state index is -1.06. The highest BCUT2D eigenvalue weighted by atomic mass is 16.3. The molecule has 0 aromatic heterocycles. The maximum absolute atomic E-state index is 9.87. The Morgan fingerprint density at radius 3 is 2.50 bits per heavy atom. The Balaban J connectivity index is 3.06. The quantitative estimate of drug-likeness (QED) is 0.667. The first-order chi connectivity index (χ1) is 7.49. The summed E-state index contributed by atoms with van der Waals surface area (Å²) in [7, 11) is 0. The van der Waals surface area contributed by atoms with Crippen LogP contribution in [-0.2, 0) is 0 Å². The van der Waals surface area contributed by atoms with E-state index in [2.05, 4.69) is 0 Å². The standard InChI is InChI=1S/C12H16N2O2/c1-7-8(2)10(14)4-3-9(7)12(16)11(15)5-6-13/h3-4,11-12,15-16H,5,14H2,1-2H3. The minimum absolute atomic E-state index is 0.0932. The maximum atomic E-state index is 9.87. The van der Waals surface area contributed by atoms with E-state index in [0.717, 1.165) is 11.1 Å². The van der Waals surface area contributed by atoms with E-state index in [1.165, 1.54) is 0 Å². The van der Waals surface area contributed by atoms with E-state index < -0.39 is 12.2 Å². The molecule has 0 saturated carbocycles. The highest BCUT2D eigenvalue weighted by Gasteiger charge is 2.20. The highest BCUT2D eigenvalue weighted by Crippen LogP contribution is 2.27. The van der Waals surface area contributed by atoms with Crippen molar-refractivity contribution in [3.05, 3.63) is 28.8 Å². The minimum Gasteiger partial charge on any atom is -0.399 e. The molecule has 0 aliphatic heterocycles. The molecule has 0 amide bonds.